The molecule has 0 spiro atoms. The van der Waals surface area contributed by atoms with Crippen LogP contribution in [0.3, 0.4) is 0 Å². The van der Waals surface area contributed by atoms with Crippen LogP contribution in [0.5, 0.6) is 5.75 Å². The van der Waals surface area contributed by atoms with Gasteiger partial charge in [-0.25, -0.2) is 0 Å². The topological polar surface area (TPSA) is 84.7 Å². The van der Waals surface area contributed by atoms with Crippen LogP contribution in [0.25, 0.3) is 6.08 Å². The molecule has 132 valence electrons. The van der Waals surface area contributed by atoms with Crippen LogP contribution in [0, 0.1) is 13.8 Å². The van der Waals surface area contributed by atoms with Gasteiger partial charge in [-0.15, -0.1) is 0 Å². The average molecular weight is 343 g/mol. The Morgan fingerprint density at radius 3 is 2.72 bits per heavy atom. The van der Waals surface area contributed by atoms with Crippen LogP contribution in [-0.2, 0) is 9.59 Å². The van der Waals surface area contributed by atoms with E-state index in [4.69, 9.17) is 9.26 Å². The Balaban J connectivity index is 1.95. The SMILES string of the molecule is COc1ccc(C)cc1/C=C/C(=O)N(C)CC(=O)Nc1cc(C)on1. The maximum Gasteiger partial charge on any atom is 0.246 e. The zero-order valence-electron chi connectivity index (χ0n) is 14.7. The molecule has 1 aromatic heterocycles. The first-order valence-electron chi connectivity index (χ1n) is 7.70. The van der Waals surface area contributed by atoms with Gasteiger partial charge in [0, 0.05) is 24.8 Å². The van der Waals surface area contributed by atoms with Crippen molar-refractivity contribution < 1.29 is 18.8 Å². The second-order valence-corrected chi connectivity index (χ2v) is 5.64. The first kappa shape index (κ1) is 18.3. The highest BCUT2D eigenvalue weighted by Crippen LogP contribution is 2.21. The van der Waals surface area contributed by atoms with E-state index in [9.17, 15) is 9.59 Å². The van der Waals surface area contributed by atoms with Gasteiger partial charge in [0.25, 0.3) is 0 Å². The van der Waals surface area contributed by atoms with E-state index in [0.29, 0.717) is 17.3 Å². The van der Waals surface area contributed by atoms with Crippen molar-refractivity contribution in [3.63, 3.8) is 0 Å². The molecule has 2 rings (SSSR count). The number of nitrogens with one attached hydrogen (secondary N) is 1. The van der Waals surface area contributed by atoms with E-state index in [2.05, 4.69) is 10.5 Å². The van der Waals surface area contributed by atoms with Crippen molar-refractivity contribution in [3.05, 3.63) is 47.2 Å². The summed E-state index contributed by atoms with van der Waals surface area (Å²) in [5, 5.41) is 6.24. The molecule has 25 heavy (non-hydrogen) atoms. The van der Waals surface area contributed by atoms with Crippen LogP contribution in [-0.4, -0.2) is 42.6 Å². The predicted molar refractivity (Wildman–Crippen MR) is 94.3 cm³/mol. The van der Waals surface area contributed by atoms with Crippen LogP contribution in [0.15, 0.2) is 34.9 Å². The third kappa shape index (κ3) is 5.20. The van der Waals surface area contributed by atoms with Crippen molar-refractivity contribution in [2.75, 3.05) is 26.0 Å². The molecule has 0 bridgehead atoms. The number of rotatable bonds is 6. The van der Waals surface area contributed by atoms with Crippen molar-refractivity contribution in [2.45, 2.75) is 13.8 Å². The first-order valence-corrected chi connectivity index (χ1v) is 7.70. The van der Waals surface area contributed by atoms with Gasteiger partial charge in [-0.3, -0.25) is 9.59 Å². The zero-order chi connectivity index (χ0) is 18.4. The number of ether oxygens (including phenoxy) is 1. The summed E-state index contributed by atoms with van der Waals surface area (Å²) in [7, 11) is 3.12. The Hall–Kier alpha value is -3.09. The summed E-state index contributed by atoms with van der Waals surface area (Å²) in [6.45, 7) is 3.59. The Labute approximate surface area is 146 Å². The van der Waals surface area contributed by atoms with E-state index in [0.717, 1.165) is 11.1 Å². The number of hydrogen-bond acceptors (Lipinski definition) is 5. The Kier molecular flexibility index (Phi) is 5.94. The van der Waals surface area contributed by atoms with E-state index < -0.39 is 0 Å². The number of aryl methyl sites for hydroxylation is 2. The lowest BCUT2D eigenvalue weighted by molar-refractivity contribution is -0.129. The van der Waals surface area contributed by atoms with Crippen molar-refractivity contribution in [3.8, 4) is 5.75 Å². The number of amides is 2. The normalized spacial score (nSPS) is 10.7. The Morgan fingerprint density at radius 2 is 2.08 bits per heavy atom. The molecule has 0 aliphatic heterocycles. The lowest BCUT2D eigenvalue weighted by Gasteiger charge is -2.14. The molecular formula is C18H21N3O4. The fourth-order valence-electron chi connectivity index (χ4n) is 2.17. The third-order valence-corrected chi connectivity index (χ3v) is 3.44. The van der Waals surface area contributed by atoms with Gasteiger partial charge in [-0.1, -0.05) is 16.8 Å². The summed E-state index contributed by atoms with van der Waals surface area (Å²) >= 11 is 0. The molecule has 0 aliphatic rings. The predicted octanol–water partition coefficient (Wildman–Crippen LogP) is 2.41. The number of anilines is 1. The smallest absolute Gasteiger partial charge is 0.246 e. The number of likely N-dealkylation sites (N-methyl/N-ethyl adjacent to an activating group) is 1. The molecule has 0 atom stereocenters. The largest absolute Gasteiger partial charge is 0.496 e. The van der Waals surface area contributed by atoms with Gasteiger partial charge < -0.3 is 19.5 Å². The van der Waals surface area contributed by atoms with Gasteiger partial charge in [0.05, 0.1) is 13.7 Å². The van der Waals surface area contributed by atoms with E-state index in [1.54, 1.807) is 33.2 Å². The van der Waals surface area contributed by atoms with Crippen LogP contribution in [0.4, 0.5) is 5.82 Å². The summed E-state index contributed by atoms with van der Waals surface area (Å²) in [5.41, 5.74) is 1.86. The third-order valence-electron chi connectivity index (χ3n) is 3.44. The molecule has 0 unspecified atom stereocenters. The average Bonchev–Trinajstić information content (AvgIpc) is 2.97. The van der Waals surface area contributed by atoms with Crippen molar-refractivity contribution in [1.82, 2.24) is 10.1 Å². The highest BCUT2D eigenvalue weighted by Gasteiger charge is 2.12. The number of benzene rings is 1. The summed E-state index contributed by atoms with van der Waals surface area (Å²) in [6, 6.07) is 7.29. The minimum atomic E-state index is -0.356. The van der Waals surface area contributed by atoms with Crippen LogP contribution in [0.2, 0.25) is 0 Å². The molecule has 2 amide bonds. The first-order chi connectivity index (χ1) is 11.9. The molecule has 0 aliphatic carbocycles. The number of hydrogen-bond donors (Lipinski definition) is 1. The maximum atomic E-state index is 12.2. The molecule has 7 heteroatoms. The fourth-order valence-corrected chi connectivity index (χ4v) is 2.17. The summed E-state index contributed by atoms with van der Waals surface area (Å²) in [5.74, 6) is 0.940. The molecule has 7 nitrogen and oxygen atoms in total. The van der Waals surface area contributed by atoms with E-state index in [-0.39, 0.29) is 18.4 Å². The van der Waals surface area contributed by atoms with Crippen molar-refractivity contribution in [2.24, 2.45) is 0 Å². The Morgan fingerprint density at radius 1 is 1.32 bits per heavy atom. The van der Waals surface area contributed by atoms with Gasteiger partial charge >= 0.3 is 0 Å². The van der Waals surface area contributed by atoms with Crippen LogP contribution >= 0.6 is 0 Å². The molecule has 0 saturated carbocycles. The Bertz CT molecular complexity index is 795. The van der Waals surface area contributed by atoms with Crippen molar-refractivity contribution >= 4 is 23.7 Å². The number of aromatic nitrogens is 1. The minimum Gasteiger partial charge on any atom is -0.496 e. The second-order valence-electron chi connectivity index (χ2n) is 5.64. The highest BCUT2D eigenvalue weighted by atomic mass is 16.5. The summed E-state index contributed by atoms with van der Waals surface area (Å²) in [4.78, 5) is 25.4. The standard InChI is InChI=1S/C18H21N3O4/c1-12-5-7-15(24-4)14(9-12)6-8-18(23)21(3)11-17(22)19-16-10-13(2)25-20-16/h5-10H,11H2,1-4H3,(H,19,20,22)/b8-6+. The molecule has 0 radical (unpaired) electrons. The van der Waals surface area contributed by atoms with Gasteiger partial charge in [-0.2, -0.15) is 0 Å². The zero-order valence-corrected chi connectivity index (χ0v) is 14.7. The number of nitrogens with zero attached hydrogens (tertiary/aromatic N) is 2. The molecule has 1 N–H and O–H groups in total. The monoisotopic (exact) mass is 343 g/mol. The van der Waals surface area contributed by atoms with Gasteiger partial charge in [0.1, 0.15) is 11.5 Å². The second kappa shape index (κ2) is 8.14. The number of carbonyl (C=O) groups is 2. The van der Waals surface area contributed by atoms with E-state index in [1.807, 2.05) is 25.1 Å². The number of methoxy groups -OCH3 is 1. The van der Waals surface area contributed by atoms with Gasteiger partial charge in [0.2, 0.25) is 11.8 Å². The minimum absolute atomic E-state index is 0.0972. The molecule has 1 heterocycles. The molecular weight excluding hydrogens is 322 g/mol. The summed E-state index contributed by atoms with van der Waals surface area (Å²) < 4.78 is 10.1. The molecule has 0 saturated heterocycles. The quantitative estimate of drug-likeness (QED) is 0.814. The highest BCUT2D eigenvalue weighted by molar-refractivity contribution is 5.97. The van der Waals surface area contributed by atoms with Crippen molar-refractivity contribution in [1.29, 1.82) is 0 Å². The lowest BCUT2D eigenvalue weighted by atomic mass is 10.1. The molecule has 0 fully saturated rings. The van der Waals surface area contributed by atoms with Crippen LogP contribution < -0.4 is 10.1 Å². The maximum absolute atomic E-state index is 12.2. The molecule has 1 aromatic carbocycles. The lowest BCUT2D eigenvalue weighted by Crippen LogP contribution is -2.33. The van der Waals surface area contributed by atoms with E-state index in [1.165, 1.54) is 11.0 Å². The molecule has 2 aromatic rings. The van der Waals surface area contributed by atoms with E-state index >= 15 is 0 Å². The number of carbonyl (C=O) groups excluding carboxylic acids is 2. The van der Waals surface area contributed by atoms with Gasteiger partial charge in [-0.05, 0) is 32.1 Å². The summed E-state index contributed by atoms with van der Waals surface area (Å²) in [6.07, 6.45) is 3.08. The fraction of sp³-hybridized carbons (Fsp3) is 0.278. The van der Waals surface area contributed by atoms with Gasteiger partial charge in [0.15, 0.2) is 5.82 Å². The van der Waals surface area contributed by atoms with Crippen LogP contribution in [0.1, 0.15) is 16.9 Å².